The van der Waals surface area contributed by atoms with Gasteiger partial charge in [-0.15, -0.1) is 6.58 Å². The molecule has 1 amide bonds. The smallest absolute Gasteiger partial charge is 0.251 e. The average Bonchev–Trinajstić information content (AvgIpc) is 3.11. The first-order chi connectivity index (χ1) is 11.7. The fourth-order valence-electron chi connectivity index (χ4n) is 2.47. The number of hydrogen-bond donors (Lipinski definition) is 1. The maximum absolute atomic E-state index is 12.4. The first-order valence-electron chi connectivity index (χ1n) is 7.79. The Balaban J connectivity index is 2.02. The van der Waals surface area contributed by atoms with E-state index in [1.165, 1.54) is 0 Å². The molecule has 0 bridgehead atoms. The topological polar surface area (TPSA) is 65.4 Å². The highest BCUT2D eigenvalue weighted by molar-refractivity contribution is 5.95. The number of methoxy groups -OCH3 is 2. The van der Waals surface area contributed by atoms with Gasteiger partial charge in [-0.25, -0.2) is 4.98 Å². The fourth-order valence-corrected chi connectivity index (χ4v) is 2.47. The van der Waals surface area contributed by atoms with Crippen molar-refractivity contribution in [3.8, 4) is 11.5 Å². The maximum Gasteiger partial charge on any atom is 0.251 e. The summed E-state index contributed by atoms with van der Waals surface area (Å²) in [7, 11) is 3.14. The quantitative estimate of drug-likeness (QED) is 0.567. The molecule has 1 heterocycles. The van der Waals surface area contributed by atoms with E-state index >= 15 is 0 Å². The number of nitrogens with one attached hydrogen (secondary N) is 1. The number of imidazole rings is 1. The van der Waals surface area contributed by atoms with Crippen LogP contribution >= 0.6 is 0 Å². The summed E-state index contributed by atoms with van der Waals surface area (Å²) >= 11 is 0. The van der Waals surface area contributed by atoms with E-state index in [4.69, 9.17) is 9.47 Å². The molecule has 2 aromatic rings. The second kappa shape index (κ2) is 8.76. The van der Waals surface area contributed by atoms with E-state index in [2.05, 4.69) is 16.9 Å². The van der Waals surface area contributed by atoms with Crippen LogP contribution in [0, 0.1) is 0 Å². The van der Waals surface area contributed by atoms with Gasteiger partial charge in [-0.2, -0.15) is 0 Å². The molecule has 0 saturated carbocycles. The molecule has 1 aromatic carbocycles. The van der Waals surface area contributed by atoms with Crippen LogP contribution in [0.5, 0.6) is 11.5 Å². The van der Waals surface area contributed by atoms with E-state index in [0.717, 1.165) is 18.5 Å². The SMILES string of the molecule is C=CCc1cc(C(=O)NCCCn2ccnc2)cc(OC)c1OC. The minimum Gasteiger partial charge on any atom is -0.493 e. The van der Waals surface area contributed by atoms with Gasteiger partial charge in [-0.3, -0.25) is 4.79 Å². The summed E-state index contributed by atoms with van der Waals surface area (Å²) in [5.41, 5.74) is 1.42. The van der Waals surface area contributed by atoms with Gasteiger partial charge < -0.3 is 19.4 Å². The molecular weight excluding hydrogens is 306 g/mol. The highest BCUT2D eigenvalue weighted by atomic mass is 16.5. The summed E-state index contributed by atoms with van der Waals surface area (Å²) < 4.78 is 12.7. The lowest BCUT2D eigenvalue weighted by molar-refractivity contribution is 0.0952. The van der Waals surface area contributed by atoms with Crippen molar-refractivity contribution in [3.63, 3.8) is 0 Å². The number of carbonyl (C=O) groups is 1. The molecule has 0 aliphatic carbocycles. The van der Waals surface area contributed by atoms with E-state index in [-0.39, 0.29) is 5.91 Å². The van der Waals surface area contributed by atoms with Gasteiger partial charge in [0.1, 0.15) is 0 Å². The molecule has 6 heteroatoms. The molecule has 0 unspecified atom stereocenters. The molecule has 0 saturated heterocycles. The van der Waals surface area contributed by atoms with Crippen molar-refractivity contribution < 1.29 is 14.3 Å². The monoisotopic (exact) mass is 329 g/mol. The zero-order chi connectivity index (χ0) is 17.4. The van der Waals surface area contributed by atoms with Gasteiger partial charge in [0.05, 0.1) is 20.5 Å². The van der Waals surface area contributed by atoms with Gasteiger partial charge in [0, 0.05) is 36.6 Å². The Morgan fingerprint density at radius 3 is 2.83 bits per heavy atom. The van der Waals surface area contributed by atoms with Crippen LogP contribution in [0.3, 0.4) is 0 Å². The third-order valence-corrected chi connectivity index (χ3v) is 3.62. The number of carbonyl (C=O) groups excluding carboxylic acids is 1. The van der Waals surface area contributed by atoms with E-state index in [1.54, 1.807) is 38.9 Å². The van der Waals surface area contributed by atoms with Crippen molar-refractivity contribution in [1.82, 2.24) is 14.9 Å². The Hall–Kier alpha value is -2.76. The number of ether oxygens (including phenoxy) is 2. The molecule has 0 spiro atoms. The molecule has 128 valence electrons. The highest BCUT2D eigenvalue weighted by Gasteiger charge is 2.15. The van der Waals surface area contributed by atoms with Gasteiger partial charge in [-0.05, 0) is 25.0 Å². The van der Waals surface area contributed by atoms with Crippen LogP contribution < -0.4 is 14.8 Å². The first-order valence-corrected chi connectivity index (χ1v) is 7.79. The van der Waals surface area contributed by atoms with Gasteiger partial charge in [0.25, 0.3) is 5.91 Å². The first kappa shape index (κ1) is 17.6. The van der Waals surface area contributed by atoms with E-state index in [1.807, 2.05) is 16.8 Å². The number of benzene rings is 1. The number of hydrogen-bond acceptors (Lipinski definition) is 4. The third-order valence-electron chi connectivity index (χ3n) is 3.62. The molecule has 0 aliphatic heterocycles. The predicted octanol–water partition coefficient (Wildman–Crippen LogP) is 2.45. The molecule has 0 radical (unpaired) electrons. The second-order valence-electron chi connectivity index (χ2n) is 5.27. The van der Waals surface area contributed by atoms with Gasteiger partial charge in [0.15, 0.2) is 11.5 Å². The minimum atomic E-state index is -0.133. The fraction of sp³-hybridized carbons (Fsp3) is 0.333. The molecular formula is C18H23N3O3. The van der Waals surface area contributed by atoms with Crippen LogP contribution in [-0.2, 0) is 13.0 Å². The number of rotatable bonds is 9. The molecule has 1 N–H and O–H groups in total. The molecule has 0 atom stereocenters. The largest absolute Gasteiger partial charge is 0.493 e. The summed E-state index contributed by atoms with van der Waals surface area (Å²) in [6, 6.07) is 3.50. The number of nitrogens with zero attached hydrogens (tertiary/aromatic N) is 2. The molecule has 0 fully saturated rings. The zero-order valence-corrected chi connectivity index (χ0v) is 14.1. The van der Waals surface area contributed by atoms with Crippen molar-refractivity contribution in [2.24, 2.45) is 0 Å². The molecule has 6 nitrogen and oxygen atoms in total. The number of aryl methyl sites for hydroxylation is 1. The summed E-state index contributed by atoms with van der Waals surface area (Å²) in [5.74, 6) is 1.04. The Kier molecular flexibility index (Phi) is 6.42. The van der Waals surface area contributed by atoms with Crippen LogP contribution in [-0.4, -0.2) is 36.2 Å². The summed E-state index contributed by atoms with van der Waals surface area (Å²) in [6.45, 7) is 5.14. The minimum absolute atomic E-state index is 0.133. The summed E-state index contributed by atoms with van der Waals surface area (Å²) in [5, 5.41) is 2.92. The van der Waals surface area contributed by atoms with Crippen molar-refractivity contribution in [2.45, 2.75) is 19.4 Å². The second-order valence-corrected chi connectivity index (χ2v) is 5.27. The standard InChI is InChI=1S/C18H23N3O3/c1-4-6-14-11-15(12-16(23-2)17(14)24-3)18(22)20-7-5-9-21-10-8-19-13-21/h4,8,10-13H,1,5-7,9H2,2-3H3,(H,20,22). The molecule has 24 heavy (non-hydrogen) atoms. The Bertz CT molecular complexity index is 681. The maximum atomic E-state index is 12.4. The van der Waals surface area contributed by atoms with Gasteiger partial charge >= 0.3 is 0 Å². The number of aromatic nitrogens is 2. The van der Waals surface area contributed by atoms with Crippen LogP contribution in [0.2, 0.25) is 0 Å². The van der Waals surface area contributed by atoms with Crippen LogP contribution in [0.1, 0.15) is 22.3 Å². The van der Waals surface area contributed by atoms with Crippen molar-refractivity contribution in [2.75, 3.05) is 20.8 Å². The molecule has 1 aromatic heterocycles. The average molecular weight is 329 g/mol. The lowest BCUT2D eigenvalue weighted by Gasteiger charge is -2.14. The Morgan fingerprint density at radius 2 is 2.21 bits per heavy atom. The van der Waals surface area contributed by atoms with Crippen LogP contribution in [0.25, 0.3) is 0 Å². The van der Waals surface area contributed by atoms with E-state index in [0.29, 0.717) is 30.0 Å². The Labute approximate surface area is 142 Å². The highest BCUT2D eigenvalue weighted by Crippen LogP contribution is 2.33. The van der Waals surface area contributed by atoms with Gasteiger partial charge in [-0.1, -0.05) is 6.08 Å². The lowest BCUT2D eigenvalue weighted by Crippen LogP contribution is -2.25. The van der Waals surface area contributed by atoms with Crippen molar-refractivity contribution in [1.29, 1.82) is 0 Å². The van der Waals surface area contributed by atoms with E-state index < -0.39 is 0 Å². The van der Waals surface area contributed by atoms with Gasteiger partial charge in [0.2, 0.25) is 0 Å². The van der Waals surface area contributed by atoms with Crippen LogP contribution in [0.4, 0.5) is 0 Å². The van der Waals surface area contributed by atoms with Crippen LogP contribution in [0.15, 0.2) is 43.5 Å². The third kappa shape index (κ3) is 4.38. The van der Waals surface area contributed by atoms with E-state index in [9.17, 15) is 4.79 Å². The predicted molar refractivity (Wildman–Crippen MR) is 92.6 cm³/mol. The number of allylic oxidation sites excluding steroid dienone is 1. The van der Waals surface area contributed by atoms with Crippen molar-refractivity contribution >= 4 is 5.91 Å². The Morgan fingerprint density at radius 1 is 1.38 bits per heavy atom. The van der Waals surface area contributed by atoms with Crippen molar-refractivity contribution in [3.05, 3.63) is 54.6 Å². The zero-order valence-electron chi connectivity index (χ0n) is 14.1. The normalized spacial score (nSPS) is 10.2. The molecule has 2 rings (SSSR count). The molecule has 0 aliphatic rings. The number of amides is 1. The summed E-state index contributed by atoms with van der Waals surface area (Å²) in [4.78, 5) is 16.4. The summed E-state index contributed by atoms with van der Waals surface area (Å²) in [6.07, 6.45) is 8.60. The lowest BCUT2D eigenvalue weighted by atomic mass is 10.0.